The van der Waals surface area contributed by atoms with Crippen LogP contribution in [-0.2, 0) is 14.8 Å². The molecule has 0 unspecified atom stereocenters. The molecule has 0 radical (unpaired) electrons. The van der Waals surface area contributed by atoms with Crippen molar-refractivity contribution in [2.45, 2.75) is 49.3 Å². The molecule has 2 aromatic rings. The van der Waals surface area contributed by atoms with Crippen molar-refractivity contribution >= 4 is 27.8 Å². The summed E-state index contributed by atoms with van der Waals surface area (Å²) in [6.45, 7) is 4.08. The van der Waals surface area contributed by atoms with E-state index >= 15 is 0 Å². The molecule has 1 aliphatic heterocycles. The van der Waals surface area contributed by atoms with E-state index in [1.165, 1.54) is 4.31 Å². The first-order chi connectivity index (χ1) is 14.3. The Morgan fingerprint density at radius 3 is 2.40 bits per heavy atom. The molecule has 0 aromatic heterocycles. The zero-order valence-corrected chi connectivity index (χ0v) is 19.0. The number of aliphatic carboxylic acids is 1. The zero-order chi connectivity index (χ0) is 21.7. The minimum absolute atomic E-state index is 0.0190. The number of hydrogen-bond acceptors (Lipinski definition) is 4. The molecule has 1 saturated heterocycles. The fraction of sp³-hybridized carbons (Fsp3) is 0.435. The number of thioether (sulfide) groups is 1. The van der Waals surface area contributed by atoms with Crippen molar-refractivity contribution in [1.29, 1.82) is 0 Å². The Kier molecular flexibility index (Phi) is 7.60. The number of carbonyl (C=O) groups is 1. The third-order valence-corrected chi connectivity index (χ3v) is 8.95. The molecule has 3 atom stereocenters. The zero-order valence-electron chi connectivity index (χ0n) is 17.4. The van der Waals surface area contributed by atoms with Crippen molar-refractivity contribution in [3.8, 4) is 0 Å². The third kappa shape index (κ3) is 5.07. The van der Waals surface area contributed by atoms with E-state index in [0.717, 1.165) is 29.7 Å². The number of aryl methyl sites for hydroxylation is 1. The lowest BCUT2D eigenvalue weighted by Crippen LogP contribution is -2.49. The number of benzene rings is 2. The summed E-state index contributed by atoms with van der Waals surface area (Å²) in [5.41, 5.74) is 2.01. The quantitative estimate of drug-likeness (QED) is 0.592. The van der Waals surface area contributed by atoms with Crippen LogP contribution in [0.25, 0.3) is 0 Å². The number of hydrogen-bond donors (Lipinski definition) is 1. The van der Waals surface area contributed by atoms with Crippen LogP contribution in [0.3, 0.4) is 0 Å². The predicted molar refractivity (Wildman–Crippen MR) is 121 cm³/mol. The molecular formula is C23H29NO4S2. The van der Waals surface area contributed by atoms with Crippen molar-refractivity contribution in [3.63, 3.8) is 0 Å². The van der Waals surface area contributed by atoms with Gasteiger partial charge < -0.3 is 5.11 Å². The summed E-state index contributed by atoms with van der Waals surface area (Å²) < 4.78 is 28.4. The number of rotatable bonds is 8. The van der Waals surface area contributed by atoms with Crippen molar-refractivity contribution in [3.05, 3.63) is 65.7 Å². The minimum Gasteiger partial charge on any atom is -0.481 e. The summed E-state index contributed by atoms with van der Waals surface area (Å²) in [5, 5.41) is 9.76. The fourth-order valence-corrected chi connectivity index (χ4v) is 7.01. The summed E-state index contributed by atoms with van der Waals surface area (Å²) in [7, 11) is -3.82. The number of piperidine rings is 1. The molecule has 0 bridgehead atoms. The first kappa shape index (κ1) is 22.8. The van der Waals surface area contributed by atoms with Crippen LogP contribution in [0.5, 0.6) is 0 Å². The van der Waals surface area contributed by atoms with Crippen molar-refractivity contribution in [2.24, 2.45) is 5.92 Å². The minimum atomic E-state index is -3.82. The standard InChI is InChI=1S/C23H29NO4S2/c1-3-4-14-29-22-15-21(18-12-10-17(2)11-13-18)24(16-20(22)23(25)26)30(27,28)19-8-6-5-7-9-19/h5-13,20-22H,3-4,14-16H2,1-2H3,(H,25,26)/t20-,21+,22-/m1/s1. The maximum absolute atomic E-state index is 13.5. The smallest absolute Gasteiger partial charge is 0.308 e. The third-order valence-electron chi connectivity index (χ3n) is 5.59. The SMILES string of the molecule is CCCCS[C@@H]1C[C@@H](c2ccc(C)cc2)N(S(=O)(=O)c2ccccc2)C[C@H]1C(=O)O. The average Bonchev–Trinajstić information content (AvgIpc) is 2.74. The van der Waals surface area contributed by atoms with Gasteiger partial charge in [0.1, 0.15) is 0 Å². The van der Waals surface area contributed by atoms with E-state index in [0.29, 0.717) is 6.42 Å². The van der Waals surface area contributed by atoms with Gasteiger partial charge in [0.15, 0.2) is 0 Å². The molecule has 1 fully saturated rings. The van der Waals surface area contributed by atoms with E-state index in [4.69, 9.17) is 0 Å². The van der Waals surface area contributed by atoms with Gasteiger partial charge in [0.2, 0.25) is 10.0 Å². The molecule has 0 amide bonds. The van der Waals surface area contributed by atoms with Crippen LogP contribution >= 0.6 is 11.8 Å². The molecule has 7 heteroatoms. The number of carboxylic acids is 1. The topological polar surface area (TPSA) is 74.7 Å². The lowest BCUT2D eigenvalue weighted by atomic mass is 9.90. The summed E-state index contributed by atoms with van der Waals surface area (Å²) in [6.07, 6.45) is 2.56. The number of carboxylic acid groups (broad SMARTS) is 1. The first-order valence-corrected chi connectivity index (χ1v) is 12.8. The molecule has 0 aliphatic carbocycles. The van der Waals surface area contributed by atoms with Crippen molar-refractivity contribution < 1.29 is 18.3 Å². The largest absolute Gasteiger partial charge is 0.481 e. The fourth-order valence-electron chi connectivity index (χ4n) is 3.83. The number of unbranched alkanes of at least 4 members (excludes halogenated alkanes) is 1. The van der Waals surface area contributed by atoms with Crippen LogP contribution in [0.15, 0.2) is 59.5 Å². The van der Waals surface area contributed by atoms with Gasteiger partial charge in [-0.3, -0.25) is 4.79 Å². The number of nitrogens with zero attached hydrogens (tertiary/aromatic N) is 1. The van der Waals surface area contributed by atoms with E-state index in [2.05, 4.69) is 6.92 Å². The van der Waals surface area contributed by atoms with Gasteiger partial charge in [-0.15, -0.1) is 0 Å². The van der Waals surface area contributed by atoms with Crippen LogP contribution in [0.4, 0.5) is 0 Å². The van der Waals surface area contributed by atoms with Crippen LogP contribution in [0, 0.1) is 12.8 Å². The van der Waals surface area contributed by atoms with Crippen molar-refractivity contribution in [2.75, 3.05) is 12.3 Å². The number of sulfonamides is 1. The average molecular weight is 448 g/mol. The van der Waals surface area contributed by atoms with Gasteiger partial charge in [-0.25, -0.2) is 8.42 Å². The second kappa shape index (κ2) is 9.98. The Labute approximate surface area is 183 Å². The molecule has 0 spiro atoms. The maximum Gasteiger partial charge on any atom is 0.308 e. The van der Waals surface area contributed by atoms with Gasteiger partial charge in [-0.2, -0.15) is 16.1 Å². The monoisotopic (exact) mass is 447 g/mol. The highest BCUT2D eigenvalue weighted by Crippen LogP contribution is 2.42. The Balaban J connectivity index is 2.01. The lowest BCUT2D eigenvalue weighted by Gasteiger charge is -2.41. The van der Waals surface area contributed by atoms with Crippen LogP contribution < -0.4 is 0 Å². The first-order valence-electron chi connectivity index (χ1n) is 10.3. The predicted octanol–water partition coefficient (Wildman–Crippen LogP) is 4.73. The molecule has 1 aliphatic rings. The van der Waals surface area contributed by atoms with E-state index in [-0.39, 0.29) is 22.7 Å². The van der Waals surface area contributed by atoms with E-state index in [1.54, 1.807) is 42.1 Å². The molecule has 2 aromatic carbocycles. The van der Waals surface area contributed by atoms with Gasteiger partial charge in [0.25, 0.3) is 0 Å². The van der Waals surface area contributed by atoms with Gasteiger partial charge in [0, 0.05) is 11.8 Å². The highest BCUT2D eigenvalue weighted by atomic mass is 32.2. The normalized spacial score (nSPS) is 22.7. The second-order valence-corrected chi connectivity index (χ2v) is 11.0. The molecular weight excluding hydrogens is 418 g/mol. The van der Waals surface area contributed by atoms with Gasteiger partial charge >= 0.3 is 5.97 Å². The Hall–Kier alpha value is -1.83. The molecule has 0 saturated carbocycles. The van der Waals surface area contributed by atoms with Crippen LogP contribution in [0.1, 0.15) is 43.4 Å². The Bertz CT molecular complexity index is 945. The molecule has 30 heavy (non-hydrogen) atoms. The molecule has 5 nitrogen and oxygen atoms in total. The second-order valence-electron chi connectivity index (χ2n) is 7.76. The highest BCUT2D eigenvalue weighted by molar-refractivity contribution is 7.99. The summed E-state index contributed by atoms with van der Waals surface area (Å²) in [5.74, 6) is -0.775. The van der Waals surface area contributed by atoms with Gasteiger partial charge in [-0.05, 0) is 43.2 Å². The van der Waals surface area contributed by atoms with E-state index in [9.17, 15) is 18.3 Å². The van der Waals surface area contributed by atoms with Gasteiger partial charge in [0.05, 0.1) is 16.9 Å². The maximum atomic E-state index is 13.5. The van der Waals surface area contributed by atoms with Gasteiger partial charge in [-0.1, -0.05) is 61.4 Å². The lowest BCUT2D eigenvalue weighted by molar-refractivity contribution is -0.143. The van der Waals surface area contributed by atoms with Crippen LogP contribution in [0.2, 0.25) is 0 Å². The molecule has 1 heterocycles. The molecule has 162 valence electrons. The molecule has 3 rings (SSSR count). The van der Waals surface area contributed by atoms with E-state index in [1.807, 2.05) is 31.2 Å². The summed E-state index contributed by atoms with van der Waals surface area (Å²) in [4.78, 5) is 12.3. The van der Waals surface area contributed by atoms with Crippen LogP contribution in [-0.4, -0.2) is 41.3 Å². The Morgan fingerprint density at radius 1 is 1.13 bits per heavy atom. The summed E-state index contributed by atoms with van der Waals surface area (Å²) >= 11 is 1.67. The molecule has 1 N–H and O–H groups in total. The highest BCUT2D eigenvalue weighted by Gasteiger charge is 2.45. The van der Waals surface area contributed by atoms with E-state index < -0.39 is 21.9 Å². The summed E-state index contributed by atoms with van der Waals surface area (Å²) in [6, 6.07) is 15.8. The Morgan fingerprint density at radius 2 is 1.80 bits per heavy atom. The van der Waals surface area contributed by atoms with Crippen molar-refractivity contribution in [1.82, 2.24) is 4.31 Å².